The summed E-state index contributed by atoms with van der Waals surface area (Å²) in [5, 5.41) is 23.6. The fourth-order valence-electron chi connectivity index (χ4n) is 1.41. The summed E-state index contributed by atoms with van der Waals surface area (Å²) in [5.74, 6) is -1.17. The number of carboxylic acid groups (broad SMARTS) is 1. The fraction of sp³-hybridized carbons (Fsp3) is 0. The zero-order valence-electron chi connectivity index (χ0n) is 8.78. The summed E-state index contributed by atoms with van der Waals surface area (Å²) in [5.41, 5.74) is -0.105. The zero-order valence-corrected chi connectivity index (χ0v) is 9.53. The molecule has 0 aliphatic heterocycles. The van der Waals surface area contributed by atoms with Crippen LogP contribution in [0.4, 0.5) is 5.69 Å². The number of aromatic nitrogens is 2. The Labute approximate surface area is 105 Å². The Morgan fingerprint density at radius 3 is 2.78 bits per heavy atom. The van der Waals surface area contributed by atoms with Gasteiger partial charge in [-0.15, -0.1) is 0 Å². The zero-order chi connectivity index (χ0) is 13.3. The first-order valence-electron chi connectivity index (χ1n) is 4.71. The van der Waals surface area contributed by atoms with Crippen molar-refractivity contribution < 1.29 is 14.8 Å². The van der Waals surface area contributed by atoms with Crippen LogP contribution < -0.4 is 0 Å². The van der Waals surface area contributed by atoms with Crippen LogP contribution in [-0.4, -0.2) is 25.8 Å². The average molecular weight is 268 g/mol. The number of carbonyl (C=O) groups is 1. The van der Waals surface area contributed by atoms with Gasteiger partial charge in [-0.25, -0.2) is 9.48 Å². The molecule has 0 aliphatic carbocycles. The van der Waals surface area contributed by atoms with Crippen LogP contribution in [0.15, 0.2) is 30.6 Å². The van der Waals surface area contributed by atoms with E-state index in [1.807, 2.05) is 0 Å². The van der Waals surface area contributed by atoms with Crippen LogP contribution in [-0.2, 0) is 0 Å². The summed E-state index contributed by atoms with van der Waals surface area (Å²) in [4.78, 5) is 21.0. The molecule has 18 heavy (non-hydrogen) atoms. The molecule has 0 aliphatic rings. The van der Waals surface area contributed by atoms with Gasteiger partial charge in [0.2, 0.25) is 0 Å². The van der Waals surface area contributed by atoms with Gasteiger partial charge in [-0.3, -0.25) is 10.1 Å². The average Bonchev–Trinajstić information content (AvgIpc) is 2.77. The first-order valence-corrected chi connectivity index (χ1v) is 5.09. The van der Waals surface area contributed by atoms with E-state index < -0.39 is 10.9 Å². The van der Waals surface area contributed by atoms with Crippen LogP contribution in [0.5, 0.6) is 0 Å². The van der Waals surface area contributed by atoms with Crippen molar-refractivity contribution >= 4 is 23.3 Å². The normalized spacial score (nSPS) is 10.3. The standard InChI is InChI=1S/C10H6ClN3O4/c11-6-1-2-8(10(15)16)9(3-6)13-5-7(4-12-13)14(17)18/h1-5H,(H,15,16). The van der Waals surface area contributed by atoms with Gasteiger partial charge in [-0.2, -0.15) is 5.10 Å². The van der Waals surface area contributed by atoms with Gasteiger partial charge < -0.3 is 5.11 Å². The highest BCUT2D eigenvalue weighted by molar-refractivity contribution is 6.30. The maximum atomic E-state index is 11.0. The minimum atomic E-state index is -1.17. The van der Waals surface area contributed by atoms with Crippen LogP contribution in [0.2, 0.25) is 5.02 Å². The summed E-state index contributed by atoms with van der Waals surface area (Å²) in [7, 11) is 0. The maximum Gasteiger partial charge on any atom is 0.337 e. The van der Waals surface area contributed by atoms with E-state index in [9.17, 15) is 14.9 Å². The number of hydrogen-bond acceptors (Lipinski definition) is 4. The molecule has 1 aromatic carbocycles. The number of aromatic carboxylic acids is 1. The van der Waals surface area contributed by atoms with Gasteiger partial charge >= 0.3 is 11.7 Å². The Hall–Kier alpha value is -2.41. The largest absolute Gasteiger partial charge is 0.478 e. The third-order valence-corrected chi connectivity index (χ3v) is 2.45. The number of nitrogens with zero attached hydrogens (tertiary/aromatic N) is 3. The quantitative estimate of drug-likeness (QED) is 0.678. The number of nitro groups is 1. The van der Waals surface area contributed by atoms with Crippen molar-refractivity contribution in [1.82, 2.24) is 9.78 Å². The van der Waals surface area contributed by atoms with Crippen LogP contribution in [0.3, 0.4) is 0 Å². The fourth-order valence-corrected chi connectivity index (χ4v) is 1.58. The molecule has 0 amide bonds. The van der Waals surface area contributed by atoms with Crippen molar-refractivity contribution in [3.63, 3.8) is 0 Å². The lowest BCUT2D eigenvalue weighted by atomic mass is 10.2. The predicted molar refractivity (Wildman–Crippen MR) is 62.2 cm³/mol. The molecule has 1 heterocycles. The smallest absolute Gasteiger partial charge is 0.337 e. The Balaban J connectivity index is 2.57. The molecule has 2 aromatic rings. The lowest BCUT2D eigenvalue weighted by Crippen LogP contribution is -2.05. The summed E-state index contributed by atoms with van der Waals surface area (Å²) >= 11 is 5.77. The van der Waals surface area contributed by atoms with E-state index >= 15 is 0 Å². The highest BCUT2D eigenvalue weighted by Crippen LogP contribution is 2.21. The molecule has 1 aromatic heterocycles. The van der Waals surface area contributed by atoms with Crippen molar-refractivity contribution in [1.29, 1.82) is 0 Å². The predicted octanol–water partition coefficient (Wildman–Crippen LogP) is 2.13. The molecule has 0 fully saturated rings. The highest BCUT2D eigenvalue weighted by atomic mass is 35.5. The molecule has 7 nitrogen and oxygen atoms in total. The number of hydrogen-bond donors (Lipinski definition) is 1. The third kappa shape index (κ3) is 2.16. The molecule has 1 N–H and O–H groups in total. The van der Waals surface area contributed by atoms with Crippen molar-refractivity contribution in [2.45, 2.75) is 0 Å². The summed E-state index contributed by atoms with van der Waals surface area (Å²) < 4.78 is 1.10. The molecule has 0 saturated carbocycles. The van der Waals surface area contributed by atoms with Crippen LogP contribution in [0.1, 0.15) is 10.4 Å². The van der Waals surface area contributed by atoms with E-state index in [1.165, 1.54) is 18.2 Å². The Kier molecular flexibility index (Phi) is 2.99. The van der Waals surface area contributed by atoms with E-state index in [2.05, 4.69) is 5.10 Å². The van der Waals surface area contributed by atoms with Crippen LogP contribution in [0, 0.1) is 10.1 Å². The highest BCUT2D eigenvalue weighted by Gasteiger charge is 2.16. The minimum absolute atomic E-state index is 0.0441. The van der Waals surface area contributed by atoms with Gasteiger partial charge in [0, 0.05) is 5.02 Å². The number of rotatable bonds is 3. The summed E-state index contributed by atoms with van der Waals surface area (Å²) in [6.45, 7) is 0. The third-order valence-electron chi connectivity index (χ3n) is 2.22. The van der Waals surface area contributed by atoms with E-state index in [0.717, 1.165) is 17.1 Å². The molecular weight excluding hydrogens is 262 g/mol. The van der Waals surface area contributed by atoms with Gasteiger partial charge in [-0.05, 0) is 18.2 Å². The Morgan fingerprint density at radius 1 is 1.50 bits per heavy atom. The minimum Gasteiger partial charge on any atom is -0.478 e. The Bertz CT molecular complexity index is 638. The van der Waals surface area contributed by atoms with Crippen molar-refractivity contribution in [2.75, 3.05) is 0 Å². The molecule has 0 unspecified atom stereocenters. The van der Waals surface area contributed by atoms with Gasteiger partial charge in [0.15, 0.2) is 0 Å². The second kappa shape index (κ2) is 4.46. The molecule has 2 rings (SSSR count). The Morgan fingerprint density at radius 2 is 2.22 bits per heavy atom. The first-order chi connectivity index (χ1) is 8.49. The van der Waals surface area contributed by atoms with E-state index in [1.54, 1.807) is 0 Å². The van der Waals surface area contributed by atoms with E-state index in [-0.39, 0.29) is 16.9 Å². The van der Waals surface area contributed by atoms with Gasteiger partial charge in [0.1, 0.15) is 12.4 Å². The topological polar surface area (TPSA) is 98.3 Å². The number of carboxylic acids is 1. The second-order valence-electron chi connectivity index (χ2n) is 3.37. The molecule has 92 valence electrons. The molecule has 0 atom stereocenters. The lowest BCUT2D eigenvalue weighted by Gasteiger charge is -2.05. The van der Waals surface area contributed by atoms with Crippen molar-refractivity contribution in [3.05, 3.63) is 51.3 Å². The molecule has 0 radical (unpaired) electrons. The van der Waals surface area contributed by atoms with Crippen LogP contribution >= 0.6 is 11.6 Å². The number of benzene rings is 1. The molecule has 0 spiro atoms. The molecule has 0 bridgehead atoms. The molecule has 0 saturated heterocycles. The van der Waals surface area contributed by atoms with Gasteiger partial charge in [0.05, 0.1) is 16.2 Å². The first kappa shape index (κ1) is 12.1. The molecule has 8 heteroatoms. The van der Waals surface area contributed by atoms with Crippen molar-refractivity contribution in [3.8, 4) is 5.69 Å². The van der Waals surface area contributed by atoms with Crippen LogP contribution in [0.25, 0.3) is 5.69 Å². The van der Waals surface area contributed by atoms with Gasteiger partial charge in [-0.1, -0.05) is 11.6 Å². The summed E-state index contributed by atoms with van der Waals surface area (Å²) in [6.07, 6.45) is 2.16. The number of halogens is 1. The van der Waals surface area contributed by atoms with Crippen molar-refractivity contribution in [2.24, 2.45) is 0 Å². The molecular formula is C10H6ClN3O4. The SMILES string of the molecule is O=C(O)c1ccc(Cl)cc1-n1cc([N+](=O)[O-])cn1. The lowest BCUT2D eigenvalue weighted by molar-refractivity contribution is -0.384. The monoisotopic (exact) mass is 267 g/mol. The van der Waals surface area contributed by atoms with E-state index in [0.29, 0.717) is 5.02 Å². The van der Waals surface area contributed by atoms with E-state index in [4.69, 9.17) is 16.7 Å². The summed E-state index contributed by atoms with van der Waals surface area (Å²) in [6, 6.07) is 4.11. The second-order valence-corrected chi connectivity index (χ2v) is 3.80. The maximum absolute atomic E-state index is 11.0. The van der Waals surface area contributed by atoms with Gasteiger partial charge in [0.25, 0.3) is 0 Å².